The number of nitrogens with one attached hydrogen (secondary N) is 1. The molecular weight excluding hydrogens is 355 g/mol. The lowest BCUT2D eigenvalue weighted by molar-refractivity contribution is -0.116. The molecule has 2 aromatic carbocycles. The summed E-state index contributed by atoms with van der Waals surface area (Å²) in [6, 6.07) is 13.1. The summed E-state index contributed by atoms with van der Waals surface area (Å²) in [6.07, 6.45) is 2.02. The van der Waals surface area contributed by atoms with E-state index in [0.29, 0.717) is 36.3 Å². The predicted octanol–water partition coefficient (Wildman–Crippen LogP) is 3.33. The van der Waals surface area contributed by atoms with Crippen LogP contribution in [0.15, 0.2) is 48.5 Å². The number of benzene rings is 2. The smallest absolute Gasteiger partial charge is 0.235 e. The Morgan fingerprint density at radius 2 is 1.81 bits per heavy atom. The van der Waals surface area contributed by atoms with E-state index in [0.717, 1.165) is 6.42 Å². The number of sulfonamides is 1. The van der Waals surface area contributed by atoms with E-state index in [-0.39, 0.29) is 23.9 Å². The monoisotopic (exact) mass is 376 g/mol. The molecule has 0 unspecified atom stereocenters. The molecule has 1 aliphatic rings. The highest BCUT2D eigenvalue weighted by molar-refractivity contribution is 7.92. The van der Waals surface area contributed by atoms with Gasteiger partial charge in [0.2, 0.25) is 15.9 Å². The van der Waals surface area contributed by atoms with Crippen LogP contribution < -0.4 is 9.62 Å². The van der Waals surface area contributed by atoms with Gasteiger partial charge in [-0.1, -0.05) is 18.2 Å². The first-order chi connectivity index (χ1) is 12.5. The summed E-state index contributed by atoms with van der Waals surface area (Å²) in [5.41, 5.74) is 1.70. The molecule has 0 radical (unpaired) electrons. The Morgan fingerprint density at radius 3 is 2.50 bits per heavy atom. The zero-order chi connectivity index (χ0) is 18.6. The number of nitrogens with zero attached hydrogens (tertiary/aromatic N) is 1. The van der Waals surface area contributed by atoms with Gasteiger partial charge in [-0.05, 0) is 55.2 Å². The second-order valence-electron chi connectivity index (χ2n) is 6.28. The van der Waals surface area contributed by atoms with E-state index >= 15 is 0 Å². The van der Waals surface area contributed by atoms with Crippen LogP contribution in [0.1, 0.15) is 24.8 Å². The Morgan fingerprint density at radius 1 is 1.08 bits per heavy atom. The summed E-state index contributed by atoms with van der Waals surface area (Å²) in [6.45, 7) is 0.483. The van der Waals surface area contributed by atoms with Gasteiger partial charge < -0.3 is 5.32 Å². The van der Waals surface area contributed by atoms with Crippen LogP contribution >= 0.6 is 0 Å². The first kappa shape index (κ1) is 18.4. The molecule has 1 heterocycles. The molecule has 26 heavy (non-hydrogen) atoms. The van der Waals surface area contributed by atoms with Gasteiger partial charge in [0.05, 0.1) is 11.4 Å². The third-order valence-corrected chi connectivity index (χ3v) is 6.24. The molecule has 1 N–H and O–H groups in total. The summed E-state index contributed by atoms with van der Waals surface area (Å²) in [7, 11) is -3.25. The number of rotatable bonds is 5. The molecule has 2 aromatic rings. The van der Waals surface area contributed by atoms with E-state index in [2.05, 4.69) is 5.32 Å². The van der Waals surface area contributed by atoms with Crippen LogP contribution in [0.25, 0.3) is 0 Å². The molecule has 1 amide bonds. The van der Waals surface area contributed by atoms with Gasteiger partial charge in [0, 0.05) is 18.7 Å². The van der Waals surface area contributed by atoms with Gasteiger partial charge in [0.15, 0.2) is 0 Å². The third-order valence-electron chi connectivity index (χ3n) is 4.37. The maximum atomic E-state index is 13.6. The minimum atomic E-state index is -3.25. The van der Waals surface area contributed by atoms with Crippen LogP contribution in [-0.4, -0.2) is 26.6 Å². The first-order valence-corrected chi connectivity index (χ1v) is 10.2. The van der Waals surface area contributed by atoms with Crippen LogP contribution in [0.4, 0.5) is 15.8 Å². The summed E-state index contributed by atoms with van der Waals surface area (Å²) < 4.78 is 39.2. The van der Waals surface area contributed by atoms with Crippen molar-refractivity contribution in [3.63, 3.8) is 0 Å². The van der Waals surface area contributed by atoms with E-state index in [9.17, 15) is 17.6 Å². The van der Waals surface area contributed by atoms with Gasteiger partial charge in [0.25, 0.3) is 0 Å². The fourth-order valence-corrected chi connectivity index (χ4v) is 4.60. The van der Waals surface area contributed by atoms with Crippen LogP contribution in [0.3, 0.4) is 0 Å². The van der Waals surface area contributed by atoms with Gasteiger partial charge >= 0.3 is 0 Å². The normalized spacial score (nSPS) is 16.3. The van der Waals surface area contributed by atoms with Crippen LogP contribution in [0, 0.1) is 5.82 Å². The van der Waals surface area contributed by atoms with Crippen molar-refractivity contribution < 1.29 is 17.6 Å². The van der Waals surface area contributed by atoms with Crippen molar-refractivity contribution in [1.82, 2.24) is 0 Å². The van der Waals surface area contributed by atoms with Crippen molar-refractivity contribution in [2.75, 3.05) is 21.9 Å². The minimum Gasteiger partial charge on any atom is -0.326 e. The zero-order valence-electron chi connectivity index (χ0n) is 14.3. The predicted molar refractivity (Wildman–Crippen MR) is 100 cm³/mol. The molecule has 1 saturated heterocycles. The van der Waals surface area contributed by atoms with Gasteiger partial charge in [-0.25, -0.2) is 12.8 Å². The summed E-state index contributed by atoms with van der Waals surface area (Å²) in [5, 5.41) is 2.75. The fourth-order valence-electron chi connectivity index (χ4n) is 2.96. The van der Waals surface area contributed by atoms with Crippen LogP contribution in [0.2, 0.25) is 0 Å². The zero-order valence-corrected chi connectivity index (χ0v) is 15.1. The van der Waals surface area contributed by atoms with E-state index < -0.39 is 10.0 Å². The number of aryl methyl sites for hydroxylation is 1. The lowest BCUT2D eigenvalue weighted by Gasteiger charge is -2.28. The molecule has 0 aliphatic carbocycles. The van der Waals surface area contributed by atoms with E-state index in [1.54, 1.807) is 42.5 Å². The molecule has 0 aromatic heterocycles. The molecule has 1 fully saturated rings. The number of amides is 1. The molecule has 7 heteroatoms. The maximum Gasteiger partial charge on any atom is 0.235 e. The molecule has 5 nitrogen and oxygen atoms in total. The maximum absolute atomic E-state index is 13.6. The topological polar surface area (TPSA) is 66.5 Å². The number of anilines is 2. The van der Waals surface area contributed by atoms with E-state index in [1.165, 1.54) is 10.4 Å². The van der Waals surface area contributed by atoms with Gasteiger partial charge in [-0.3, -0.25) is 9.10 Å². The van der Waals surface area contributed by atoms with Crippen molar-refractivity contribution in [2.24, 2.45) is 0 Å². The number of hydrogen-bond donors (Lipinski definition) is 1. The molecule has 0 bridgehead atoms. The molecule has 0 saturated carbocycles. The number of halogens is 1. The Kier molecular flexibility index (Phi) is 5.56. The second-order valence-corrected chi connectivity index (χ2v) is 8.29. The molecule has 138 valence electrons. The Labute approximate surface area is 152 Å². The van der Waals surface area contributed by atoms with Crippen molar-refractivity contribution in [3.8, 4) is 0 Å². The van der Waals surface area contributed by atoms with Gasteiger partial charge in [0.1, 0.15) is 5.82 Å². The summed E-state index contributed by atoms with van der Waals surface area (Å²) in [5.74, 6) is -0.361. The largest absolute Gasteiger partial charge is 0.326 e. The van der Waals surface area contributed by atoms with Crippen LogP contribution in [0.5, 0.6) is 0 Å². The SMILES string of the molecule is O=C(CCc1ccccc1F)Nc1ccc(N2CCCCS2(=O)=O)cc1. The van der Waals surface area contributed by atoms with Crippen LogP contribution in [-0.2, 0) is 21.2 Å². The standard InChI is InChI=1S/C19H21FN2O3S/c20-18-6-2-1-5-15(18)7-12-19(23)21-16-8-10-17(11-9-16)22-13-3-4-14-26(22,24)25/h1-2,5-6,8-11H,3-4,7,12-14H2,(H,21,23). The lowest BCUT2D eigenvalue weighted by Crippen LogP contribution is -2.37. The van der Waals surface area contributed by atoms with E-state index in [4.69, 9.17) is 0 Å². The van der Waals surface area contributed by atoms with Gasteiger partial charge in [-0.2, -0.15) is 0 Å². The highest BCUT2D eigenvalue weighted by Gasteiger charge is 2.25. The third kappa shape index (κ3) is 4.40. The summed E-state index contributed by atoms with van der Waals surface area (Å²) in [4.78, 5) is 12.0. The lowest BCUT2D eigenvalue weighted by atomic mass is 10.1. The van der Waals surface area contributed by atoms with Crippen molar-refractivity contribution in [1.29, 1.82) is 0 Å². The minimum absolute atomic E-state index is 0.168. The molecular formula is C19H21FN2O3S. The number of carbonyl (C=O) groups excluding carboxylic acids is 1. The molecule has 3 rings (SSSR count). The van der Waals surface area contributed by atoms with Crippen molar-refractivity contribution in [3.05, 3.63) is 59.9 Å². The summed E-state index contributed by atoms with van der Waals surface area (Å²) >= 11 is 0. The number of carbonyl (C=O) groups is 1. The molecule has 0 atom stereocenters. The average Bonchev–Trinajstić information content (AvgIpc) is 2.62. The quantitative estimate of drug-likeness (QED) is 0.870. The van der Waals surface area contributed by atoms with Crippen molar-refractivity contribution >= 4 is 27.3 Å². The number of hydrogen-bond acceptors (Lipinski definition) is 3. The molecule has 1 aliphatic heterocycles. The second kappa shape index (κ2) is 7.86. The Hall–Kier alpha value is -2.41. The van der Waals surface area contributed by atoms with Crippen molar-refractivity contribution in [2.45, 2.75) is 25.7 Å². The Balaban J connectivity index is 1.59. The highest BCUT2D eigenvalue weighted by atomic mass is 32.2. The van der Waals surface area contributed by atoms with Gasteiger partial charge in [-0.15, -0.1) is 0 Å². The Bertz CT molecular complexity index is 882. The molecule has 0 spiro atoms. The fraction of sp³-hybridized carbons (Fsp3) is 0.316. The van der Waals surface area contributed by atoms with E-state index in [1.807, 2.05) is 0 Å². The highest BCUT2D eigenvalue weighted by Crippen LogP contribution is 2.25. The average molecular weight is 376 g/mol. The first-order valence-electron chi connectivity index (χ1n) is 8.59.